The third kappa shape index (κ3) is 2.13. The molecule has 1 radical (unpaired) electrons. The highest BCUT2D eigenvalue weighted by Crippen LogP contribution is 2.49. The molecule has 0 aliphatic heterocycles. The van der Waals surface area contributed by atoms with Crippen LogP contribution in [0.3, 0.4) is 0 Å². The maximum Gasteiger partial charge on any atom is 0.0317 e. The van der Waals surface area contributed by atoms with Crippen LogP contribution >= 0.6 is 0 Å². The molecule has 24 heavy (non-hydrogen) atoms. The van der Waals surface area contributed by atoms with E-state index in [0.29, 0.717) is 5.92 Å². The molecular weight excluding hydrogens is 288 g/mol. The third-order valence-corrected chi connectivity index (χ3v) is 5.84. The molecule has 117 valence electrons. The van der Waals surface area contributed by atoms with Gasteiger partial charge in [0.1, 0.15) is 0 Å². The fourth-order valence-electron chi connectivity index (χ4n) is 4.73. The van der Waals surface area contributed by atoms with Crippen molar-refractivity contribution in [2.24, 2.45) is 5.92 Å². The summed E-state index contributed by atoms with van der Waals surface area (Å²) in [7, 11) is 0. The van der Waals surface area contributed by atoms with E-state index in [1.54, 1.807) is 5.57 Å². The number of allylic oxidation sites excluding steroid dienone is 1. The van der Waals surface area contributed by atoms with Gasteiger partial charge in [0.25, 0.3) is 0 Å². The van der Waals surface area contributed by atoms with Gasteiger partial charge in [-0.05, 0) is 52.3 Å². The van der Waals surface area contributed by atoms with Gasteiger partial charge in [0.15, 0.2) is 0 Å². The van der Waals surface area contributed by atoms with Gasteiger partial charge in [-0.2, -0.15) is 0 Å². The molecule has 0 spiro atoms. The molecule has 0 N–H and O–H groups in total. The molecule has 0 bridgehead atoms. The molecule has 2 aliphatic carbocycles. The molecule has 5 rings (SSSR count). The summed E-state index contributed by atoms with van der Waals surface area (Å²) in [6, 6.07) is 25.5. The summed E-state index contributed by atoms with van der Waals surface area (Å²) in [6.07, 6.45) is 7.90. The van der Waals surface area contributed by atoms with Gasteiger partial charge in [-0.1, -0.05) is 85.2 Å². The first-order chi connectivity index (χ1) is 11.9. The SMILES string of the molecule is [c]1cccc2c1C=C(C1CCCC1)C2c1cccc2ccccc12. The van der Waals surface area contributed by atoms with E-state index in [0.717, 1.165) is 5.92 Å². The van der Waals surface area contributed by atoms with Crippen LogP contribution in [0.2, 0.25) is 0 Å². The molecule has 0 heterocycles. The Morgan fingerprint density at radius 2 is 1.58 bits per heavy atom. The molecule has 0 aromatic heterocycles. The van der Waals surface area contributed by atoms with E-state index in [1.165, 1.54) is 53.1 Å². The van der Waals surface area contributed by atoms with Gasteiger partial charge in [-0.25, -0.2) is 0 Å². The zero-order valence-electron chi connectivity index (χ0n) is 13.8. The quantitative estimate of drug-likeness (QED) is 0.516. The summed E-state index contributed by atoms with van der Waals surface area (Å²) < 4.78 is 0. The minimum Gasteiger partial charge on any atom is -0.0616 e. The van der Waals surface area contributed by atoms with Crippen LogP contribution in [0.25, 0.3) is 16.8 Å². The normalized spacial score (nSPS) is 20.3. The Morgan fingerprint density at radius 3 is 2.50 bits per heavy atom. The van der Waals surface area contributed by atoms with Gasteiger partial charge in [0.2, 0.25) is 0 Å². The van der Waals surface area contributed by atoms with Crippen molar-refractivity contribution >= 4 is 16.8 Å². The monoisotopic (exact) mass is 309 g/mol. The Bertz CT molecular complexity index is 920. The summed E-state index contributed by atoms with van der Waals surface area (Å²) in [5, 5.41) is 2.74. The average Bonchev–Trinajstić information content (AvgIpc) is 3.28. The topological polar surface area (TPSA) is 0 Å². The third-order valence-electron chi connectivity index (χ3n) is 5.84. The first kappa shape index (κ1) is 14.0. The van der Waals surface area contributed by atoms with Crippen molar-refractivity contribution in [3.8, 4) is 0 Å². The lowest BCUT2D eigenvalue weighted by Crippen LogP contribution is -2.08. The Morgan fingerprint density at radius 1 is 0.792 bits per heavy atom. The second-order valence-electron chi connectivity index (χ2n) is 7.17. The Balaban J connectivity index is 1.73. The molecule has 0 heteroatoms. The van der Waals surface area contributed by atoms with Crippen LogP contribution in [0.5, 0.6) is 0 Å². The molecule has 1 unspecified atom stereocenters. The van der Waals surface area contributed by atoms with Gasteiger partial charge in [-0.3, -0.25) is 0 Å². The number of fused-ring (bicyclic) bond motifs is 2. The summed E-state index contributed by atoms with van der Waals surface area (Å²) in [5.41, 5.74) is 5.83. The number of hydrogen-bond donors (Lipinski definition) is 0. The molecule has 2 aliphatic rings. The van der Waals surface area contributed by atoms with Crippen LogP contribution in [0.15, 0.2) is 66.2 Å². The zero-order chi connectivity index (χ0) is 15.9. The highest BCUT2D eigenvalue weighted by Gasteiger charge is 2.33. The van der Waals surface area contributed by atoms with Gasteiger partial charge in [0, 0.05) is 5.92 Å². The Kier molecular flexibility index (Phi) is 3.29. The van der Waals surface area contributed by atoms with E-state index in [2.05, 4.69) is 66.7 Å². The fraction of sp³-hybridized carbons (Fsp3) is 0.250. The lowest BCUT2D eigenvalue weighted by Gasteiger charge is -2.23. The maximum absolute atomic E-state index is 3.47. The second kappa shape index (κ2) is 5.63. The summed E-state index contributed by atoms with van der Waals surface area (Å²) >= 11 is 0. The van der Waals surface area contributed by atoms with E-state index in [-0.39, 0.29) is 0 Å². The predicted molar refractivity (Wildman–Crippen MR) is 101 cm³/mol. The van der Waals surface area contributed by atoms with Crippen molar-refractivity contribution < 1.29 is 0 Å². The van der Waals surface area contributed by atoms with Crippen LogP contribution in [-0.4, -0.2) is 0 Å². The fourth-order valence-corrected chi connectivity index (χ4v) is 4.73. The molecular formula is C24H21. The van der Waals surface area contributed by atoms with Crippen LogP contribution in [0, 0.1) is 12.0 Å². The van der Waals surface area contributed by atoms with Crippen molar-refractivity contribution in [3.63, 3.8) is 0 Å². The molecule has 0 nitrogen and oxygen atoms in total. The largest absolute Gasteiger partial charge is 0.0616 e. The standard InChI is InChI=1S/C24H21/c1-2-10-18(9-1)23-16-19-11-4-6-14-21(19)24(23)22-15-7-12-17-8-3-5-13-20(17)22/h3-8,12-16,18,24H,1-2,9-10H2. The van der Waals surface area contributed by atoms with E-state index >= 15 is 0 Å². The zero-order valence-corrected chi connectivity index (χ0v) is 13.8. The predicted octanol–water partition coefficient (Wildman–Crippen LogP) is 6.36. The van der Waals surface area contributed by atoms with Crippen molar-refractivity contribution in [1.82, 2.24) is 0 Å². The molecule has 0 saturated heterocycles. The molecule has 3 aromatic carbocycles. The second-order valence-corrected chi connectivity index (χ2v) is 7.17. The van der Waals surface area contributed by atoms with Crippen LogP contribution < -0.4 is 0 Å². The average molecular weight is 309 g/mol. The van der Waals surface area contributed by atoms with Crippen molar-refractivity contribution in [3.05, 3.63) is 89.0 Å². The minimum absolute atomic E-state index is 0.409. The first-order valence-electron chi connectivity index (χ1n) is 9.11. The summed E-state index contributed by atoms with van der Waals surface area (Å²) in [4.78, 5) is 0. The van der Waals surface area contributed by atoms with Crippen molar-refractivity contribution in [2.75, 3.05) is 0 Å². The minimum atomic E-state index is 0.409. The molecule has 1 atom stereocenters. The first-order valence-corrected chi connectivity index (χ1v) is 9.11. The summed E-state index contributed by atoms with van der Waals surface area (Å²) in [6.45, 7) is 0. The van der Waals surface area contributed by atoms with Gasteiger partial charge in [-0.15, -0.1) is 0 Å². The highest BCUT2D eigenvalue weighted by molar-refractivity contribution is 5.88. The van der Waals surface area contributed by atoms with Gasteiger partial charge in [0.05, 0.1) is 0 Å². The smallest absolute Gasteiger partial charge is 0.0317 e. The lowest BCUT2D eigenvalue weighted by molar-refractivity contribution is 0.614. The van der Waals surface area contributed by atoms with Crippen LogP contribution in [0.1, 0.15) is 48.3 Å². The number of hydrogen-bond acceptors (Lipinski definition) is 0. The molecule has 1 saturated carbocycles. The van der Waals surface area contributed by atoms with E-state index < -0.39 is 0 Å². The number of rotatable bonds is 2. The van der Waals surface area contributed by atoms with E-state index in [9.17, 15) is 0 Å². The molecule has 1 fully saturated rings. The van der Waals surface area contributed by atoms with Crippen LogP contribution in [-0.2, 0) is 0 Å². The lowest BCUT2D eigenvalue weighted by atomic mass is 9.80. The Labute approximate surface area is 143 Å². The molecule has 0 amide bonds. The summed E-state index contributed by atoms with van der Waals surface area (Å²) in [5.74, 6) is 1.15. The number of benzene rings is 3. The van der Waals surface area contributed by atoms with Gasteiger partial charge < -0.3 is 0 Å². The van der Waals surface area contributed by atoms with Crippen molar-refractivity contribution in [1.29, 1.82) is 0 Å². The van der Waals surface area contributed by atoms with E-state index in [4.69, 9.17) is 0 Å². The van der Waals surface area contributed by atoms with Gasteiger partial charge >= 0.3 is 0 Å². The maximum atomic E-state index is 3.47. The molecule has 3 aromatic rings. The van der Waals surface area contributed by atoms with Crippen molar-refractivity contribution in [2.45, 2.75) is 31.6 Å². The van der Waals surface area contributed by atoms with E-state index in [1.807, 2.05) is 6.07 Å². The van der Waals surface area contributed by atoms with Crippen LogP contribution in [0.4, 0.5) is 0 Å². The Hall–Kier alpha value is -2.34. The highest BCUT2D eigenvalue weighted by atomic mass is 14.4.